The van der Waals surface area contributed by atoms with Crippen LogP contribution in [0, 0.1) is 0 Å². The van der Waals surface area contributed by atoms with Gasteiger partial charge in [-0.05, 0) is 22.9 Å². The van der Waals surface area contributed by atoms with Gasteiger partial charge in [-0.2, -0.15) is 0 Å². The van der Waals surface area contributed by atoms with Gasteiger partial charge >= 0.3 is 0 Å². The van der Waals surface area contributed by atoms with E-state index in [1.54, 1.807) is 12.5 Å². The van der Waals surface area contributed by atoms with Crippen LogP contribution in [0.5, 0.6) is 0 Å². The van der Waals surface area contributed by atoms with Crippen LogP contribution >= 0.6 is 15.9 Å². The maximum absolute atomic E-state index is 4.38. The van der Waals surface area contributed by atoms with Crippen LogP contribution in [-0.4, -0.2) is 31.3 Å². The first-order chi connectivity index (χ1) is 9.59. The van der Waals surface area contributed by atoms with Crippen LogP contribution in [0.3, 0.4) is 0 Å². The van der Waals surface area contributed by atoms with Crippen molar-refractivity contribution in [2.75, 3.05) is 11.4 Å². The van der Waals surface area contributed by atoms with E-state index in [1.165, 1.54) is 0 Å². The number of nitrogens with zero attached hydrogens (tertiary/aromatic N) is 6. The Bertz CT molecular complexity index is 623. The molecule has 6 nitrogen and oxygen atoms in total. The summed E-state index contributed by atoms with van der Waals surface area (Å²) in [6, 6.07) is 0.148. The summed E-state index contributed by atoms with van der Waals surface area (Å²) in [6.07, 6.45) is 3.35. The van der Waals surface area contributed by atoms with E-state index in [0.29, 0.717) is 5.92 Å². The van der Waals surface area contributed by atoms with E-state index < -0.39 is 0 Å². The highest BCUT2D eigenvalue weighted by Gasteiger charge is 2.30. The monoisotopic (exact) mass is 336 g/mol. The van der Waals surface area contributed by atoms with Crippen LogP contribution in [0.4, 0.5) is 5.82 Å². The number of aromatic nitrogens is 5. The molecule has 0 amide bonds. The molecule has 0 saturated carbocycles. The van der Waals surface area contributed by atoms with Gasteiger partial charge in [-0.1, -0.05) is 13.8 Å². The molecule has 1 aliphatic heterocycles. The minimum absolute atomic E-state index is 0.148. The van der Waals surface area contributed by atoms with Gasteiger partial charge in [0.1, 0.15) is 18.0 Å². The maximum Gasteiger partial charge on any atom is 0.155 e. The Morgan fingerprint density at radius 1 is 1.30 bits per heavy atom. The zero-order valence-electron chi connectivity index (χ0n) is 11.8. The van der Waals surface area contributed by atoms with Gasteiger partial charge in [0, 0.05) is 25.2 Å². The molecule has 0 bridgehead atoms. The first-order valence-corrected chi connectivity index (χ1v) is 7.54. The SMILES string of the molecule is CC(C)c1nnc2n1CCN(c1ncncc1Br)[C@@H]2C. The van der Waals surface area contributed by atoms with Crippen LogP contribution in [0.2, 0.25) is 0 Å². The molecule has 1 aliphatic rings. The summed E-state index contributed by atoms with van der Waals surface area (Å²) in [5.41, 5.74) is 0. The fourth-order valence-corrected chi connectivity index (χ4v) is 3.09. The standard InChI is InChI=1S/C13H17BrN6/c1-8(2)11-17-18-12-9(3)19(4-5-20(11)12)13-10(14)6-15-7-16-13/h6-9H,4-5H2,1-3H3/t9-/m1/s1. The normalized spacial score (nSPS) is 18.4. The molecule has 2 aromatic heterocycles. The number of rotatable bonds is 2. The second-order valence-corrected chi connectivity index (χ2v) is 6.14. The van der Waals surface area contributed by atoms with E-state index >= 15 is 0 Å². The molecular weight excluding hydrogens is 320 g/mol. The first-order valence-electron chi connectivity index (χ1n) is 6.74. The lowest BCUT2D eigenvalue weighted by molar-refractivity contribution is 0.476. The third kappa shape index (κ3) is 2.09. The highest BCUT2D eigenvalue weighted by molar-refractivity contribution is 9.10. The van der Waals surface area contributed by atoms with Crippen LogP contribution in [0.1, 0.15) is 44.4 Å². The lowest BCUT2D eigenvalue weighted by Gasteiger charge is -2.35. The van der Waals surface area contributed by atoms with Gasteiger partial charge in [0.2, 0.25) is 0 Å². The Kier molecular flexibility index (Phi) is 3.45. The zero-order chi connectivity index (χ0) is 14.3. The molecule has 2 aromatic rings. The molecule has 3 heterocycles. The minimum Gasteiger partial charge on any atom is -0.344 e. The molecule has 0 aliphatic carbocycles. The number of anilines is 1. The number of hydrogen-bond acceptors (Lipinski definition) is 5. The molecule has 3 rings (SSSR count). The lowest BCUT2D eigenvalue weighted by Crippen LogP contribution is -2.38. The molecule has 0 N–H and O–H groups in total. The fraction of sp³-hybridized carbons (Fsp3) is 0.538. The summed E-state index contributed by atoms with van der Waals surface area (Å²) >= 11 is 3.52. The highest BCUT2D eigenvalue weighted by Crippen LogP contribution is 2.33. The van der Waals surface area contributed by atoms with Gasteiger partial charge in [0.15, 0.2) is 5.82 Å². The summed E-state index contributed by atoms with van der Waals surface area (Å²) in [5, 5.41) is 8.72. The summed E-state index contributed by atoms with van der Waals surface area (Å²) in [5.74, 6) is 3.37. The lowest BCUT2D eigenvalue weighted by atomic mass is 10.1. The van der Waals surface area contributed by atoms with Crippen molar-refractivity contribution in [3.8, 4) is 0 Å². The average Bonchev–Trinajstić information content (AvgIpc) is 2.85. The van der Waals surface area contributed by atoms with Crippen LogP contribution in [0.15, 0.2) is 17.0 Å². The summed E-state index contributed by atoms with van der Waals surface area (Å²) in [7, 11) is 0. The second kappa shape index (κ2) is 5.12. The Balaban J connectivity index is 1.98. The molecule has 7 heteroatoms. The molecule has 0 unspecified atom stereocenters. The van der Waals surface area contributed by atoms with Gasteiger partial charge in [0.05, 0.1) is 10.5 Å². The third-order valence-corrected chi connectivity index (χ3v) is 4.21. The molecule has 0 fully saturated rings. The topological polar surface area (TPSA) is 59.7 Å². The largest absolute Gasteiger partial charge is 0.344 e. The van der Waals surface area contributed by atoms with E-state index in [1.807, 2.05) is 0 Å². The van der Waals surface area contributed by atoms with E-state index in [-0.39, 0.29) is 6.04 Å². The van der Waals surface area contributed by atoms with Gasteiger partial charge in [0.25, 0.3) is 0 Å². The minimum atomic E-state index is 0.148. The van der Waals surface area contributed by atoms with Crippen molar-refractivity contribution in [2.24, 2.45) is 0 Å². The summed E-state index contributed by atoms with van der Waals surface area (Å²) in [4.78, 5) is 10.6. The fourth-order valence-electron chi connectivity index (χ4n) is 2.64. The number of halogens is 1. The van der Waals surface area contributed by atoms with Crippen molar-refractivity contribution in [3.05, 3.63) is 28.6 Å². The predicted molar refractivity (Wildman–Crippen MR) is 79.6 cm³/mol. The van der Waals surface area contributed by atoms with Crippen molar-refractivity contribution in [1.82, 2.24) is 24.7 Å². The van der Waals surface area contributed by atoms with Crippen LogP contribution in [0.25, 0.3) is 0 Å². The second-order valence-electron chi connectivity index (χ2n) is 5.29. The zero-order valence-corrected chi connectivity index (χ0v) is 13.4. The van der Waals surface area contributed by atoms with Crippen LogP contribution in [-0.2, 0) is 6.54 Å². The Hall–Kier alpha value is -1.50. The highest BCUT2D eigenvalue weighted by atomic mass is 79.9. The number of hydrogen-bond donors (Lipinski definition) is 0. The smallest absolute Gasteiger partial charge is 0.155 e. The van der Waals surface area contributed by atoms with Gasteiger partial charge in [-0.15, -0.1) is 10.2 Å². The van der Waals surface area contributed by atoms with Crippen molar-refractivity contribution in [3.63, 3.8) is 0 Å². The molecular formula is C13H17BrN6. The molecule has 0 saturated heterocycles. The average molecular weight is 337 g/mol. The molecule has 106 valence electrons. The third-order valence-electron chi connectivity index (χ3n) is 3.65. The maximum atomic E-state index is 4.38. The van der Waals surface area contributed by atoms with Crippen LogP contribution < -0.4 is 4.90 Å². The van der Waals surface area contributed by atoms with E-state index in [4.69, 9.17) is 0 Å². The van der Waals surface area contributed by atoms with Gasteiger partial charge in [-0.25, -0.2) is 9.97 Å². The van der Waals surface area contributed by atoms with Gasteiger partial charge in [-0.3, -0.25) is 0 Å². The molecule has 1 atom stereocenters. The van der Waals surface area contributed by atoms with E-state index in [9.17, 15) is 0 Å². The molecule has 0 spiro atoms. The molecule has 0 radical (unpaired) electrons. The first kappa shape index (κ1) is 13.5. The van der Waals surface area contributed by atoms with Crippen molar-refractivity contribution < 1.29 is 0 Å². The van der Waals surface area contributed by atoms with Crippen molar-refractivity contribution in [1.29, 1.82) is 0 Å². The van der Waals surface area contributed by atoms with Crippen molar-refractivity contribution in [2.45, 2.75) is 39.3 Å². The summed E-state index contributed by atoms with van der Waals surface area (Å²) in [6.45, 7) is 8.21. The number of fused-ring (bicyclic) bond motifs is 1. The van der Waals surface area contributed by atoms with Gasteiger partial charge < -0.3 is 9.47 Å². The molecule has 20 heavy (non-hydrogen) atoms. The van der Waals surface area contributed by atoms with E-state index in [2.05, 4.69) is 66.3 Å². The summed E-state index contributed by atoms with van der Waals surface area (Å²) < 4.78 is 3.14. The Labute approximate surface area is 126 Å². The molecule has 0 aromatic carbocycles. The van der Waals surface area contributed by atoms with Crippen molar-refractivity contribution >= 4 is 21.7 Å². The Morgan fingerprint density at radius 3 is 2.80 bits per heavy atom. The predicted octanol–water partition coefficient (Wildman–Crippen LogP) is 2.54. The Morgan fingerprint density at radius 2 is 2.10 bits per heavy atom. The quantitative estimate of drug-likeness (QED) is 0.843. The van der Waals surface area contributed by atoms with E-state index in [0.717, 1.165) is 35.0 Å².